The fourth-order valence-electron chi connectivity index (χ4n) is 3.54. The highest BCUT2D eigenvalue weighted by molar-refractivity contribution is 5.74. The van der Waals surface area contributed by atoms with Crippen LogP contribution in [0.4, 0.5) is 4.79 Å². The van der Waals surface area contributed by atoms with Crippen molar-refractivity contribution in [2.45, 2.75) is 33.9 Å². The SMILES string of the molecule is Cc1cc(C)n(CC(C)CNC(=O)N2CCN(Cc3ccccc3)CC2)n1. The normalized spacial score (nSPS) is 16.3. The molecule has 2 heterocycles. The number of carbonyl (C=O) groups excluding carboxylic acids is 1. The number of benzene rings is 1. The zero-order chi connectivity index (χ0) is 19.2. The summed E-state index contributed by atoms with van der Waals surface area (Å²) in [5.74, 6) is 0.339. The van der Waals surface area contributed by atoms with Crippen LogP contribution in [0, 0.1) is 19.8 Å². The Labute approximate surface area is 162 Å². The molecule has 1 unspecified atom stereocenters. The second kappa shape index (κ2) is 9.04. The summed E-state index contributed by atoms with van der Waals surface area (Å²) < 4.78 is 2.02. The largest absolute Gasteiger partial charge is 0.338 e. The Balaban J connectivity index is 1.38. The van der Waals surface area contributed by atoms with Crippen molar-refractivity contribution in [1.82, 2.24) is 24.9 Å². The fraction of sp³-hybridized carbons (Fsp3) is 0.524. The van der Waals surface area contributed by atoms with E-state index in [1.165, 1.54) is 11.3 Å². The average Bonchev–Trinajstić information content (AvgIpc) is 2.98. The van der Waals surface area contributed by atoms with Gasteiger partial charge in [-0.2, -0.15) is 5.10 Å². The second-order valence-corrected chi connectivity index (χ2v) is 7.65. The number of urea groups is 1. The lowest BCUT2D eigenvalue weighted by Crippen LogP contribution is -2.52. The van der Waals surface area contributed by atoms with Crippen LogP contribution in [0.1, 0.15) is 23.9 Å². The number of aromatic nitrogens is 2. The Morgan fingerprint density at radius 3 is 2.48 bits per heavy atom. The van der Waals surface area contributed by atoms with E-state index in [0.29, 0.717) is 12.5 Å². The molecule has 1 saturated heterocycles. The molecule has 1 N–H and O–H groups in total. The molecular formula is C21H31N5O. The molecule has 2 aromatic rings. The highest BCUT2D eigenvalue weighted by Gasteiger charge is 2.21. The van der Waals surface area contributed by atoms with Crippen molar-refractivity contribution in [3.8, 4) is 0 Å². The van der Waals surface area contributed by atoms with Crippen LogP contribution in [0.15, 0.2) is 36.4 Å². The number of carbonyl (C=O) groups is 1. The molecule has 6 nitrogen and oxygen atoms in total. The number of nitrogens with one attached hydrogen (secondary N) is 1. The minimum atomic E-state index is 0.0505. The van der Waals surface area contributed by atoms with Gasteiger partial charge >= 0.3 is 6.03 Å². The molecule has 3 rings (SSSR count). The van der Waals surface area contributed by atoms with Gasteiger partial charge in [-0.3, -0.25) is 9.58 Å². The zero-order valence-electron chi connectivity index (χ0n) is 16.7. The number of hydrogen-bond acceptors (Lipinski definition) is 3. The summed E-state index contributed by atoms with van der Waals surface area (Å²) in [6.07, 6.45) is 0. The van der Waals surface area contributed by atoms with Crippen LogP contribution in [0.25, 0.3) is 0 Å². The van der Waals surface area contributed by atoms with Crippen LogP contribution in [0.3, 0.4) is 0 Å². The highest BCUT2D eigenvalue weighted by Crippen LogP contribution is 2.09. The first-order valence-corrected chi connectivity index (χ1v) is 9.81. The van der Waals surface area contributed by atoms with E-state index in [9.17, 15) is 4.79 Å². The van der Waals surface area contributed by atoms with Gasteiger partial charge in [0, 0.05) is 51.5 Å². The second-order valence-electron chi connectivity index (χ2n) is 7.65. The third-order valence-electron chi connectivity index (χ3n) is 5.10. The van der Waals surface area contributed by atoms with Crippen molar-refractivity contribution in [2.75, 3.05) is 32.7 Å². The summed E-state index contributed by atoms with van der Waals surface area (Å²) >= 11 is 0. The van der Waals surface area contributed by atoms with E-state index < -0.39 is 0 Å². The van der Waals surface area contributed by atoms with E-state index in [1.807, 2.05) is 22.6 Å². The van der Waals surface area contributed by atoms with Gasteiger partial charge in [0.05, 0.1) is 5.69 Å². The smallest absolute Gasteiger partial charge is 0.317 e. The molecule has 146 valence electrons. The van der Waals surface area contributed by atoms with Gasteiger partial charge in [0.15, 0.2) is 0 Å². The predicted molar refractivity (Wildman–Crippen MR) is 108 cm³/mol. The molecular weight excluding hydrogens is 338 g/mol. The monoisotopic (exact) mass is 369 g/mol. The summed E-state index contributed by atoms with van der Waals surface area (Å²) in [7, 11) is 0. The van der Waals surface area contributed by atoms with Gasteiger partial charge in [0.1, 0.15) is 0 Å². The highest BCUT2D eigenvalue weighted by atomic mass is 16.2. The van der Waals surface area contributed by atoms with Crippen LogP contribution >= 0.6 is 0 Å². The van der Waals surface area contributed by atoms with E-state index in [-0.39, 0.29) is 6.03 Å². The van der Waals surface area contributed by atoms with Crippen molar-refractivity contribution in [3.63, 3.8) is 0 Å². The number of piperazine rings is 1. The van der Waals surface area contributed by atoms with Crippen LogP contribution in [0.2, 0.25) is 0 Å². The maximum Gasteiger partial charge on any atom is 0.317 e. The van der Waals surface area contributed by atoms with E-state index in [1.54, 1.807) is 0 Å². The standard InChI is InChI=1S/C21H31N5O/c1-17(15-26-19(3)13-18(2)23-26)14-22-21(27)25-11-9-24(10-12-25)16-20-7-5-4-6-8-20/h4-8,13,17H,9-12,14-16H2,1-3H3,(H,22,27). The van der Waals surface area contributed by atoms with Gasteiger partial charge in [-0.05, 0) is 31.4 Å². The summed E-state index contributed by atoms with van der Waals surface area (Å²) in [5, 5.41) is 7.59. The van der Waals surface area contributed by atoms with Crippen LogP contribution in [-0.4, -0.2) is 58.3 Å². The topological polar surface area (TPSA) is 53.4 Å². The molecule has 1 aromatic heterocycles. The maximum absolute atomic E-state index is 12.5. The molecule has 0 saturated carbocycles. The van der Waals surface area contributed by atoms with E-state index >= 15 is 0 Å². The number of aryl methyl sites for hydroxylation is 2. The lowest BCUT2D eigenvalue weighted by molar-refractivity contribution is 0.134. The number of rotatable bonds is 6. The van der Waals surface area contributed by atoms with Crippen molar-refractivity contribution >= 4 is 6.03 Å². The van der Waals surface area contributed by atoms with Gasteiger partial charge in [-0.25, -0.2) is 4.79 Å². The maximum atomic E-state index is 12.5. The molecule has 1 atom stereocenters. The molecule has 6 heteroatoms. The number of nitrogens with zero attached hydrogens (tertiary/aromatic N) is 4. The van der Waals surface area contributed by atoms with E-state index in [4.69, 9.17) is 0 Å². The first-order valence-electron chi connectivity index (χ1n) is 9.81. The van der Waals surface area contributed by atoms with Gasteiger partial charge < -0.3 is 10.2 Å². The first kappa shape index (κ1) is 19.4. The zero-order valence-corrected chi connectivity index (χ0v) is 16.7. The Kier molecular flexibility index (Phi) is 6.50. The third-order valence-corrected chi connectivity index (χ3v) is 5.10. The van der Waals surface area contributed by atoms with Gasteiger partial charge in [-0.15, -0.1) is 0 Å². The first-order chi connectivity index (χ1) is 13.0. The van der Waals surface area contributed by atoms with Gasteiger partial charge in [0.25, 0.3) is 0 Å². The summed E-state index contributed by atoms with van der Waals surface area (Å²) in [4.78, 5) is 16.8. The molecule has 0 radical (unpaired) electrons. The summed E-state index contributed by atoms with van der Waals surface area (Å²) in [5.41, 5.74) is 3.53. The lowest BCUT2D eigenvalue weighted by Gasteiger charge is -2.35. The van der Waals surface area contributed by atoms with Gasteiger partial charge in [-0.1, -0.05) is 37.3 Å². The lowest BCUT2D eigenvalue weighted by atomic mass is 10.2. The van der Waals surface area contributed by atoms with Crippen molar-refractivity contribution in [2.24, 2.45) is 5.92 Å². The minimum Gasteiger partial charge on any atom is -0.338 e. The quantitative estimate of drug-likeness (QED) is 0.852. The van der Waals surface area contributed by atoms with E-state index in [0.717, 1.165) is 45.0 Å². The predicted octanol–water partition coefficient (Wildman–Crippen LogP) is 2.66. The van der Waals surface area contributed by atoms with Crippen molar-refractivity contribution in [1.29, 1.82) is 0 Å². The Bertz CT molecular complexity index is 734. The number of hydrogen-bond donors (Lipinski definition) is 1. The van der Waals surface area contributed by atoms with Crippen LogP contribution in [-0.2, 0) is 13.1 Å². The molecule has 1 fully saturated rings. The number of amides is 2. The molecule has 1 aliphatic rings. The molecule has 1 aliphatic heterocycles. The minimum absolute atomic E-state index is 0.0505. The van der Waals surface area contributed by atoms with E-state index in [2.05, 4.69) is 59.5 Å². The summed E-state index contributed by atoms with van der Waals surface area (Å²) in [6.45, 7) is 12.1. The van der Waals surface area contributed by atoms with Crippen molar-refractivity contribution in [3.05, 3.63) is 53.3 Å². The summed E-state index contributed by atoms with van der Waals surface area (Å²) in [6, 6.07) is 12.6. The molecule has 2 amide bonds. The van der Waals surface area contributed by atoms with Crippen LogP contribution < -0.4 is 5.32 Å². The molecule has 1 aromatic carbocycles. The molecule has 27 heavy (non-hydrogen) atoms. The van der Waals surface area contributed by atoms with Crippen LogP contribution in [0.5, 0.6) is 0 Å². The Morgan fingerprint density at radius 2 is 1.85 bits per heavy atom. The fourth-order valence-corrected chi connectivity index (χ4v) is 3.54. The third kappa shape index (κ3) is 5.57. The Hall–Kier alpha value is -2.34. The molecule has 0 aliphatic carbocycles. The average molecular weight is 370 g/mol. The van der Waals surface area contributed by atoms with Gasteiger partial charge in [0.2, 0.25) is 0 Å². The molecule has 0 spiro atoms. The Morgan fingerprint density at radius 1 is 1.15 bits per heavy atom. The van der Waals surface area contributed by atoms with Crippen molar-refractivity contribution < 1.29 is 4.79 Å². The molecule has 0 bridgehead atoms.